The summed E-state index contributed by atoms with van der Waals surface area (Å²) < 4.78 is 0. The predicted octanol–water partition coefficient (Wildman–Crippen LogP) is 1.23. The van der Waals surface area contributed by atoms with Crippen LogP contribution >= 0.6 is 11.3 Å². The van der Waals surface area contributed by atoms with E-state index in [4.69, 9.17) is 0 Å². The first-order valence-corrected chi connectivity index (χ1v) is 7.31. The molecule has 0 radical (unpaired) electrons. The Labute approximate surface area is 116 Å². The van der Waals surface area contributed by atoms with Crippen molar-refractivity contribution in [2.24, 2.45) is 5.41 Å². The number of piperazine rings is 1. The normalized spacial score (nSPS) is 22.1. The molecule has 0 atom stereocenters. The largest absolute Gasteiger partial charge is 0.353 e. The fourth-order valence-electron chi connectivity index (χ4n) is 2.64. The van der Waals surface area contributed by atoms with E-state index in [9.17, 15) is 9.59 Å². The highest BCUT2D eigenvalue weighted by atomic mass is 32.1. The highest BCUT2D eigenvalue weighted by Crippen LogP contribution is 2.39. The van der Waals surface area contributed by atoms with Crippen LogP contribution in [0.4, 0.5) is 5.13 Å². The molecule has 0 saturated carbocycles. The Morgan fingerprint density at radius 1 is 1.32 bits per heavy atom. The Balaban J connectivity index is 1.90. The number of ketones is 1. The number of Topliss-reactive ketones (excluding diaryl/α,β-unsaturated/α-hetero) is 1. The third-order valence-corrected chi connectivity index (χ3v) is 4.73. The summed E-state index contributed by atoms with van der Waals surface area (Å²) >= 11 is 1.44. The van der Waals surface area contributed by atoms with Crippen molar-refractivity contribution in [1.29, 1.82) is 0 Å². The zero-order chi connectivity index (χ0) is 13.6. The van der Waals surface area contributed by atoms with Crippen LogP contribution in [0.1, 0.15) is 35.6 Å². The van der Waals surface area contributed by atoms with Crippen molar-refractivity contribution in [3.05, 3.63) is 10.6 Å². The molecular formula is C13H17N3O2S. The van der Waals surface area contributed by atoms with Crippen LogP contribution in [0.3, 0.4) is 0 Å². The van der Waals surface area contributed by atoms with Crippen molar-refractivity contribution in [2.45, 2.75) is 26.7 Å². The highest BCUT2D eigenvalue weighted by molar-refractivity contribution is 7.17. The number of carbonyl (C=O) groups is 2. The average molecular weight is 279 g/mol. The number of rotatable bonds is 1. The van der Waals surface area contributed by atoms with Gasteiger partial charge in [-0.15, -0.1) is 0 Å². The van der Waals surface area contributed by atoms with Gasteiger partial charge in [0.25, 0.3) is 0 Å². The number of hydrogen-bond acceptors (Lipinski definition) is 5. The first-order valence-electron chi connectivity index (χ1n) is 6.49. The lowest BCUT2D eigenvalue weighted by Crippen LogP contribution is -2.47. The SMILES string of the molecule is CC1(C)CC(=O)c2sc(N3CCNC(=O)C3)nc2C1. The number of carbonyl (C=O) groups excluding carboxylic acids is 2. The zero-order valence-corrected chi connectivity index (χ0v) is 12.0. The summed E-state index contributed by atoms with van der Waals surface area (Å²) in [6.07, 6.45) is 1.42. The Hall–Kier alpha value is -1.43. The summed E-state index contributed by atoms with van der Waals surface area (Å²) in [6.45, 7) is 5.94. The summed E-state index contributed by atoms with van der Waals surface area (Å²) in [6, 6.07) is 0. The maximum Gasteiger partial charge on any atom is 0.239 e. The lowest BCUT2D eigenvalue weighted by molar-refractivity contribution is -0.120. The average Bonchev–Trinajstić information content (AvgIpc) is 2.71. The second-order valence-corrected chi connectivity index (χ2v) is 6.96. The lowest BCUT2D eigenvalue weighted by Gasteiger charge is -2.27. The molecule has 19 heavy (non-hydrogen) atoms. The molecule has 0 aromatic carbocycles. The van der Waals surface area contributed by atoms with E-state index < -0.39 is 0 Å². The van der Waals surface area contributed by atoms with Gasteiger partial charge in [-0.25, -0.2) is 4.98 Å². The zero-order valence-electron chi connectivity index (χ0n) is 11.2. The van der Waals surface area contributed by atoms with E-state index in [2.05, 4.69) is 24.1 Å². The number of anilines is 1. The molecule has 2 heterocycles. The van der Waals surface area contributed by atoms with Crippen LogP contribution in [0.5, 0.6) is 0 Å². The van der Waals surface area contributed by atoms with Crippen molar-refractivity contribution in [3.8, 4) is 0 Å². The van der Waals surface area contributed by atoms with E-state index in [-0.39, 0.29) is 17.1 Å². The van der Waals surface area contributed by atoms with E-state index in [1.54, 1.807) is 0 Å². The minimum absolute atomic E-state index is 0.00526. The van der Waals surface area contributed by atoms with E-state index in [0.717, 1.165) is 28.7 Å². The second kappa shape index (κ2) is 4.30. The Bertz CT molecular complexity index is 550. The Morgan fingerprint density at radius 3 is 2.84 bits per heavy atom. The Kier molecular flexibility index (Phi) is 2.85. The molecule has 1 aliphatic heterocycles. The van der Waals surface area contributed by atoms with Crippen LogP contribution in [0.25, 0.3) is 0 Å². The van der Waals surface area contributed by atoms with Gasteiger partial charge in [0.15, 0.2) is 10.9 Å². The molecule has 0 unspecified atom stereocenters. The van der Waals surface area contributed by atoms with Gasteiger partial charge in [-0.1, -0.05) is 25.2 Å². The summed E-state index contributed by atoms with van der Waals surface area (Å²) in [5.41, 5.74) is 0.904. The maximum absolute atomic E-state index is 12.1. The molecule has 0 bridgehead atoms. The van der Waals surface area contributed by atoms with Gasteiger partial charge in [0, 0.05) is 19.5 Å². The number of thiazole rings is 1. The molecule has 1 amide bonds. The van der Waals surface area contributed by atoms with Gasteiger partial charge in [-0.2, -0.15) is 0 Å². The van der Waals surface area contributed by atoms with Gasteiger partial charge in [0.05, 0.1) is 17.1 Å². The first-order chi connectivity index (χ1) is 8.94. The molecule has 5 nitrogen and oxygen atoms in total. The van der Waals surface area contributed by atoms with Gasteiger partial charge < -0.3 is 10.2 Å². The van der Waals surface area contributed by atoms with Gasteiger partial charge in [0.2, 0.25) is 5.91 Å². The van der Waals surface area contributed by atoms with Crippen LogP contribution in [0, 0.1) is 5.41 Å². The molecule has 1 aliphatic carbocycles. The van der Waals surface area contributed by atoms with Crippen LogP contribution in [0.2, 0.25) is 0 Å². The molecule has 3 rings (SSSR count). The topological polar surface area (TPSA) is 62.3 Å². The molecule has 1 N–H and O–H groups in total. The number of nitrogens with one attached hydrogen (secondary N) is 1. The van der Waals surface area contributed by atoms with Gasteiger partial charge >= 0.3 is 0 Å². The molecule has 1 fully saturated rings. The smallest absolute Gasteiger partial charge is 0.239 e. The molecule has 2 aliphatic rings. The van der Waals surface area contributed by atoms with E-state index in [1.807, 2.05) is 4.90 Å². The fraction of sp³-hybridized carbons (Fsp3) is 0.615. The Morgan fingerprint density at radius 2 is 2.11 bits per heavy atom. The monoisotopic (exact) mass is 279 g/mol. The fourth-order valence-corrected chi connectivity index (χ4v) is 3.69. The second-order valence-electron chi connectivity index (χ2n) is 5.98. The van der Waals surface area contributed by atoms with Crippen molar-refractivity contribution in [1.82, 2.24) is 10.3 Å². The predicted molar refractivity (Wildman–Crippen MR) is 73.8 cm³/mol. The van der Waals surface area contributed by atoms with Crippen LogP contribution in [0.15, 0.2) is 0 Å². The van der Waals surface area contributed by atoms with Crippen molar-refractivity contribution in [2.75, 3.05) is 24.5 Å². The molecule has 6 heteroatoms. The molecule has 1 saturated heterocycles. The summed E-state index contributed by atoms with van der Waals surface area (Å²) in [4.78, 5) is 30.9. The minimum atomic E-state index is -0.00526. The van der Waals surface area contributed by atoms with Crippen LogP contribution in [-0.2, 0) is 11.2 Å². The third-order valence-electron chi connectivity index (χ3n) is 3.53. The molecular weight excluding hydrogens is 262 g/mol. The van der Waals surface area contributed by atoms with Gasteiger partial charge in [-0.3, -0.25) is 9.59 Å². The summed E-state index contributed by atoms with van der Waals surface area (Å²) in [5, 5.41) is 3.61. The van der Waals surface area contributed by atoms with Gasteiger partial charge in [0.1, 0.15) is 0 Å². The number of nitrogens with zero attached hydrogens (tertiary/aromatic N) is 2. The number of aromatic nitrogens is 1. The summed E-state index contributed by atoms with van der Waals surface area (Å²) in [7, 11) is 0. The molecule has 0 spiro atoms. The maximum atomic E-state index is 12.1. The van der Waals surface area contributed by atoms with E-state index >= 15 is 0 Å². The van der Waals surface area contributed by atoms with E-state index in [1.165, 1.54) is 11.3 Å². The quantitative estimate of drug-likeness (QED) is 0.840. The van der Waals surface area contributed by atoms with Gasteiger partial charge in [-0.05, 0) is 11.8 Å². The third kappa shape index (κ3) is 2.36. The van der Waals surface area contributed by atoms with Crippen molar-refractivity contribution >= 4 is 28.2 Å². The van der Waals surface area contributed by atoms with Crippen molar-refractivity contribution in [3.63, 3.8) is 0 Å². The van der Waals surface area contributed by atoms with Crippen LogP contribution < -0.4 is 10.2 Å². The minimum Gasteiger partial charge on any atom is -0.353 e. The number of fused-ring (bicyclic) bond motifs is 1. The standard InChI is InChI=1S/C13H17N3O2S/c1-13(2)5-8-11(9(17)6-13)19-12(15-8)16-4-3-14-10(18)7-16/h3-7H2,1-2H3,(H,14,18). The van der Waals surface area contributed by atoms with Crippen molar-refractivity contribution < 1.29 is 9.59 Å². The summed E-state index contributed by atoms with van der Waals surface area (Å²) in [5.74, 6) is 0.211. The number of amides is 1. The van der Waals surface area contributed by atoms with E-state index in [0.29, 0.717) is 19.5 Å². The molecule has 102 valence electrons. The first kappa shape index (κ1) is 12.6. The highest BCUT2D eigenvalue weighted by Gasteiger charge is 2.34. The lowest BCUT2D eigenvalue weighted by atomic mass is 9.78. The number of hydrogen-bond donors (Lipinski definition) is 1. The molecule has 1 aromatic rings. The molecule has 1 aromatic heterocycles. The van der Waals surface area contributed by atoms with Crippen LogP contribution in [-0.4, -0.2) is 36.3 Å².